The van der Waals surface area contributed by atoms with E-state index < -0.39 is 12.2 Å². The van der Waals surface area contributed by atoms with Gasteiger partial charge in [-0.25, -0.2) is 0 Å². The molecule has 1 rings (SSSR count). The minimum Gasteiger partial charge on any atom is -0.390 e. The van der Waals surface area contributed by atoms with E-state index in [2.05, 4.69) is 0 Å². The van der Waals surface area contributed by atoms with Crippen molar-refractivity contribution in [3.63, 3.8) is 0 Å². The molecule has 54 valence electrons. The molecule has 3 nitrogen and oxygen atoms in total. The maximum atomic E-state index is 9.08. The average Bonchev–Trinajstić information content (AvgIpc) is 2.66. The first-order chi connectivity index (χ1) is 4.25. The van der Waals surface area contributed by atoms with Crippen molar-refractivity contribution < 1.29 is 14.9 Å². The summed E-state index contributed by atoms with van der Waals surface area (Å²) in [6.45, 7) is 2.43. The number of aliphatic hydroxyl groups excluding tert-OH is 2. The van der Waals surface area contributed by atoms with Crippen LogP contribution in [0, 0.1) is 0 Å². The molecule has 0 spiro atoms. The van der Waals surface area contributed by atoms with Gasteiger partial charge in [-0.3, -0.25) is 0 Å². The SMILES string of the molecule is CCC(O)C(O)C1CO1. The first kappa shape index (κ1) is 6.99. The van der Waals surface area contributed by atoms with Crippen LogP contribution in [0.4, 0.5) is 0 Å². The Balaban J connectivity index is 2.22. The maximum Gasteiger partial charge on any atom is 0.109 e. The molecule has 0 bridgehead atoms. The third-order valence-corrected chi connectivity index (χ3v) is 1.55. The van der Waals surface area contributed by atoms with E-state index in [-0.39, 0.29) is 6.10 Å². The lowest BCUT2D eigenvalue weighted by Crippen LogP contribution is -2.30. The van der Waals surface area contributed by atoms with Crippen molar-refractivity contribution in [2.45, 2.75) is 31.7 Å². The summed E-state index contributed by atoms with van der Waals surface area (Å²) in [5.74, 6) is 0. The lowest BCUT2D eigenvalue weighted by Gasteiger charge is -2.12. The van der Waals surface area contributed by atoms with Crippen molar-refractivity contribution in [2.24, 2.45) is 0 Å². The van der Waals surface area contributed by atoms with Crippen LogP contribution in [0.3, 0.4) is 0 Å². The number of hydrogen-bond acceptors (Lipinski definition) is 3. The van der Waals surface area contributed by atoms with Crippen LogP contribution in [-0.2, 0) is 4.74 Å². The van der Waals surface area contributed by atoms with Gasteiger partial charge in [0.15, 0.2) is 0 Å². The van der Waals surface area contributed by atoms with Crippen LogP contribution in [0.25, 0.3) is 0 Å². The van der Waals surface area contributed by atoms with Crippen molar-refractivity contribution in [3.8, 4) is 0 Å². The van der Waals surface area contributed by atoms with E-state index >= 15 is 0 Å². The standard InChI is InChI=1S/C6H12O3/c1-2-4(7)6(8)5-3-9-5/h4-8H,2-3H2,1H3. The highest BCUT2D eigenvalue weighted by molar-refractivity contribution is 4.82. The van der Waals surface area contributed by atoms with E-state index in [9.17, 15) is 0 Å². The molecular weight excluding hydrogens is 120 g/mol. The topological polar surface area (TPSA) is 53.0 Å². The summed E-state index contributed by atoms with van der Waals surface area (Å²) in [6.07, 6.45) is -0.798. The molecule has 0 amide bonds. The predicted octanol–water partition coefficient (Wildman–Crippen LogP) is -0.483. The Bertz CT molecular complexity index is 90.3. The van der Waals surface area contributed by atoms with Gasteiger partial charge in [0.2, 0.25) is 0 Å². The monoisotopic (exact) mass is 132 g/mol. The fourth-order valence-electron chi connectivity index (χ4n) is 0.742. The van der Waals surface area contributed by atoms with Crippen LogP contribution in [-0.4, -0.2) is 35.1 Å². The Morgan fingerprint density at radius 2 is 2.22 bits per heavy atom. The van der Waals surface area contributed by atoms with Crippen LogP contribution in [0.2, 0.25) is 0 Å². The Kier molecular flexibility index (Phi) is 2.05. The van der Waals surface area contributed by atoms with Crippen molar-refractivity contribution in [2.75, 3.05) is 6.61 Å². The molecule has 0 aromatic rings. The number of rotatable bonds is 3. The molecule has 0 saturated carbocycles. The fourth-order valence-corrected chi connectivity index (χ4v) is 0.742. The maximum absolute atomic E-state index is 9.08. The quantitative estimate of drug-likeness (QED) is 0.510. The fraction of sp³-hybridized carbons (Fsp3) is 1.00. The van der Waals surface area contributed by atoms with Crippen molar-refractivity contribution in [3.05, 3.63) is 0 Å². The zero-order valence-electron chi connectivity index (χ0n) is 5.45. The van der Waals surface area contributed by atoms with E-state index in [1.54, 1.807) is 0 Å². The second-order valence-electron chi connectivity index (χ2n) is 2.34. The van der Waals surface area contributed by atoms with E-state index in [1.807, 2.05) is 6.92 Å². The largest absolute Gasteiger partial charge is 0.390 e. The Labute approximate surface area is 54.3 Å². The normalized spacial score (nSPS) is 31.7. The lowest BCUT2D eigenvalue weighted by atomic mass is 10.1. The van der Waals surface area contributed by atoms with Crippen molar-refractivity contribution in [1.29, 1.82) is 0 Å². The van der Waals surface area contributed by atoms with Crippen LogP contribution in [0.15, 0.2) is 0 Å². The molecule has 1 fully saturated rings. The summed E-state index contributed by atoms with van der Waals surface area (Å²) in [7, 11) is 0. The molecule has 3 unspecified atom stereocenters. The zero-order chi connectivity index (χ0) is 6.85. The number of epoxide rings is 1. The van der Waals surface area contributed by atoms with Gasteiger partial charge >= 0.3 is 0 Å². The van der Waals surface area contributed by atoms with Crippen molar-refractivity contribution >= 4 is 0 Å². The highest BCUT2D eigenvalue weighted by Crippen LogP contribution is 2.17. The van der Waals surface area contributed by atoms with Gasteiger partial charge in [0.1, 0.15) is 12.2 Å². The minimum atomic E-state index is -0.671. The molecule has 0 aromatic carbocycles. The summed E-state index contributed by atoms with van der Waals surface area (Å²) in [6, 6.07) is 0. The number of hydrogen-bond donors (Lipinski definition) is 2. The highest BCUT2D eigenvalue weighted by atomic mass is 16.6. The summed E-state index contributed by atoms with van der Waals surface area (Å²) in [5, 5.41) is 18.1. The summed E-state index contributed by atoms with van der Waals surface area (Å²) in [4.78, 5) is 0. The van der Waals surface area contributed by atoms with Gasteiger partial charge in [-0.2, -0.15) is 0 Å². The molecule has 1 aliphatic heterocycles. The molecule has 1 heterocycles. The molecule has 1 saturated heterocycles. The van der Waals surface area contributed by atoms with E-state index in [0.29, 0.717) is 13.0 Å². The zero-order valence-corrected chi connectivity index (χ0v) is 5.45. The third kappa shape index (κ3) is 1.64. The second-order valence-corrected chi connectivity index (χ2v) is 2.34. The van der Waals surface area contributed by atoms with Crippen LogP contribution >= 0.6 is 0 Å². The Morgan fingerprint density at radius 1 is 1.67 bits per heavy atom. The van der Waals surface area contributed by atoms with Gasteiger partial charge in [0.25, 0.3) is 0 Å². The summed E-state index contributed by atoms with van der Waals surface area (Å²) >= 11 is 0. The van der Waals surface area contributed by atoms with E-state index in [4.69, 9.17) is 14.9 Å². The van der Waals surface area contributed by atoms with Gasteiger partial charge in [-0.1, -0.05) is 6.92 Å². The lowest BCUT2D eigenvalue weighted by molar-refractivity contribution is 0.00130. The first-order valence-electron chi connectivity index (χ1n) is 3.23. The third-order valence-electron chi connectivity index (χ3n) is 1.55. The summed E-state index contributed by atoms with van der Waals surface area (Å²) < 4.78 is 4.78. The second kappa shape index (κ2) is 2.64. The molecule has 0 radical (unpaired) electrons. The smallest absolute Gasteiger partial charge is 0.109 e. The van der Waals surface area contributed by atoms with Crippen LogP contribution in [0.1, 0.15) is 13.3 Å². The molecule has 3 atom stereocenters. The van der Waals surface area contributed by atoms with Crippen LogP contribution in [0.5, 0.6) is 0 Å². The molecule has 0 aliphatic carbocycles. The first-order valence-corrected chi connectivity index (χ1v) is 3.23. The van der Waals surface area contributed by atoms with Gasteiger partial charge < -0.3 is 14.9 Å². The van der Waals surface area contributed by atoms with Crippen LogP contribution < -0.4 is 0 Å². The Morgan fingerprint density at radius 3 is 2.56 bits per heavy atom. The summed E-state index contributed by atoms with van der Waals surface area (Å²) in [5.41, 5.74) is 0. The van der Waals surface area contributed by atoms with E-state index in [0.717, 1.165) is 0 Å². The molecule has 2 N–H and O–H groups in total. The van der Waals surface area contributed by atoms with Crippen molar-refractivity contribution in [1.82, 2.24) is 0 Å². The van der Waals surface area contributed by atoms with E-state index in [1.165, 1.54) is 0 Å². The van der Waals surface area contributed by atoms with Gasteiger partial charge in [-0.05, 0) is 6.42 Å². The molecule has 3 heteroatoms. The molecule has 0 aromatic heterocycles. The predicted molar refractivity (Wildman–Crippen MR) is 32.0 cm³/mol. The van der Waals surface area contributed by atoms with Gasteiger partial charge in [-0.15, -0.1) is 0 Å². The molecular formula is C6H12O3. The number of aliphatic hydroxyl groups is 2. The molecule has 9 heavy (non-hydrogen) atoms. The van der Waals surface area contributed by atoms with Gasteiger partial charge in [0.05, 0.1) is 12.7 Å². The van der Waals surface area contributed by atoms with Gasteiger partial charge in [0, 0.05) is 0 Å². The number of ether oxygens (including phenoxy) is 1. The highest BCUT2D eigenvalue weighted by Gasteiger charge is 2.35. The Hall–Kier alpha value is -0.120. The molecule has 1 aliphatic rings. The minimum absolute atomic E-state index is 0.0973. The average molecular weight is 132 g/mol.